The van der Waals surface area contributed by atoms with Crippen molar-refractivity contribution in [3.05, 3.63) is 35.9 Å². The molecule has 2 atom stereocenters. The van der Waals surface area contributed by atoms with Gasteiger partial charge >= 0.3 is 0 Å². The molecule has 1 amide bonds. The zero-order valence-corrected chi connectivity index (χ0v) is 12.2. The van der Waals surface area contributed by atoms with Gasteiger partial charge in [0, 0.05) is 19.6 Å². The molecule has 0 bridgehead atoms. The fraction of sp³-hybridized carbons (Fsp3) is 0.562. The van der Waals surface area contributed by atoms with Gasteiger partial charge in [0.2, 0.25) is 5.91 Å². The molecule has 4 heteroatoms. The Morgan fingerprint density at radius 3 is 2.90 bits per heavy atom. The van der Waals surface area contributed by atoms with Crippen molar-refractivity contribution in [1.82, 2.24) is 10.2 Å². The second-order valence-electron chi connectivity index (χ2n) is 5.72. The van der Waals surface area contributed by atoms with Crippen LogP contribution in [0.4, 0.5) is 0 Å². The van der Waals surface area contributed by atoms with Crippen molar-refractivity contribution in [1.29, 1.82) is 0 Å². The van der Waals surface area contributed by atoms with Crippen molar-refractivity contribution in [3.63, 3.8) is 0 Å². The van der Waals surface area contributed by atoms with Gasteiger partial charge < -0.3 is 16.0 Å². The maximum Gasteiger partial charge on any atom is 0.236 e. The molecule has 1 aliphatic heterocycles. The summed E-state index contributed by atoms with van der Waals surface area (Å²) >= 11 is 0. The van der Waals surface area contributed by atoms with E-state index >= 15 is 0 Å². The fourth-order valence-electron chi connectivity index (χ4n) is 2.62. The van der Waals surface area contributed by atoms with Crippen LogP contribution in [0, 0.1) is 5.92 Å². The van der Waals surface area contributed by atoms with Crippen molar-refractivity contribution in [2.45, 2.75) is 25.8 Å². The fourth-order valence-corrected chi connectivity index (χ4v) is 2.62. The minimum absolute atomic E-state index is 0.0484. The summed E-state index contributed by atoms with van der Waals surface area (Å²) in [7, 11) is 0. The van der Waals surface area contributed by atoms with Crippen LogP contribution in [0.2, 0.25) is 0 Å². The normalized spacial score (nSPS) is 20.8. The summed E-state index contributed by atoms with van der Waals surface area (Å²) in [4.78, 5) is 13.9. The molecule has 1 saturated heterocycles. The highest BCUT2D eigenvalue weighted by molar-refractivity contribution is 5.80. The first-order valence-corrected chi connectivity index (χ1v) is 7.44. The van der Waals surface area contributed by atoms with Gasteiger partial charge in [-0.25, -0.2) is 0 Å². The molecule has 1 aliphatic rings. The van der Waals surface area contributed by atoms with E-state index in [1.807, 2.05) is 0 Å². The predicted molar refractivity (Wildman–Crippen MR) is 81.4 cm³/mol. The Morgan fingerprint density at radius 2 is 2.20 bits per heavy atom. The van der Waals surface area contributed by atoms with Gasteiger partial charge in [-0.1, -0.05) is 30.3 Å². The minimum Gasteiger partial charge on any atom is -0.354 e. The lowest BCUT2D eigenvalue weighted by molar-refractivity contribution is -0.122. The SMILES string of the molecule is C[C@@H](N)C(=O)NC[C@@H]1CCN(CCc2ccccc2)C1. The topological polar surface area (TPSA) is 58.4 Å². The molecule has 0 radical (unpaired) electrons. The van der Waals surface area contributed by atoms with Crippen LogP contribution in [0.1, 0.15) is 18.9 Å². The van der Waals surface area contributed by atoms with Gasteiger partial charge in [0.25, 0.3) is 0 Å². The number of amides is 1. The summed E-state index contributed by atoms with van der Waals surface area (Å²) in [6.45, 7) is 5.78. The summed E-state index contributed by atoms with van der Waals surface area (Å²) in [6.07, 6.45) is 2.26. The lowest BCUT2D eigenvalue weighted by atomic mass is 10.1. The van der Waals surface area contributed by atoms with Gasteiger partial charge in [0.15, 0.2) is 0 Å². The number of hydrogen-bond acceptors (Lipinski definition) is 3. The van der Waals surface area contributed by atoms with Crippen LogP contribution in [-0.4, -0.2) is 43.0 Å². The molecule has 0 unspecified atom stereocenters. The van der Waals surface area contributed by atoms with E-state index in [9.17, 15) is 4.79 Å². The number of nitrogens with two attached hydrogens (primary N) is 1. The molecule has 110 valence electrons. The largest absolute Gasteiger partial charge is 0.354 e. The van der Waals surface area contributed by atoms with Gasteiger partial charge in [0.05, 0.1) is 6.04 Å². The van der Waals surface area contributed by atoms with Gasteiger partial charge in [-0.15, -0.1) is 0 Å². The number of carbonyl (C=O) groups excluding carboxylic acids is 1. The maximum atomic E-state index is 11.4. The van der Waals surface area contributed by atoms with Crippen LogP contribution < -0.4 is 11.1 Å². The number of carbonyl (C=O) groups is 1. The molecule has 1 heterocycles. The van der Waals surface area contributed by atoms with E-state index in [-0.39, 0.29) is 5.91 Å². The predicted octanol–water partition coefficient (Wildman–Crippen LogP) is 1.01. The number of nitrogens with one attached hydrogen (secondary N) is 1. The zero-order valence-electron chi connectivity index (χ0n) is 12.2. The molecular formula is C16H25N3O. The lowest BCUT2D eigenvalue weighted by Gasteiger charge is -2.16. The number of nitrogens with zero attached hydrogens (tertiary/aromatic N) is 1. The van der Waals surface area contributed by atoms with E-state index in [0.717, 1.165) is 39.0 Å². The first-order chi connectivity index (χ1) is 9.65. The van der Waals surface area contributed by atoms with Crippen LogP contribution in [-0.2, 0) is 11.2 Å². The Kier molecular flexibility index (Phi) is 5.56. The molecule has 3 N–H and O–H groups in total. The summed E-state index contributed by atoms with van der Waals surface area (Å²) in [5.74, 6) is 0.515. The summed E-state index contributed by atoms with van der Waals surface area (Å²) in [6, 6.07) is 10.2. The maximum absolute atomic E-state index is 11.4. The van der Waals surface area contributed by atoms with E-state index in [4.69, 9.17) is 5.73 Å². The molecular weight excluding hydrogens is 250 g/mol. The van der Waals surface area contributed by atoms with Crippen LogP contribution in [0.15, 0.2) is 30.3 Å². The monoisotopic (exact) mass is 275 g/mol. The van der Waals surface area contributed by atoms with E-state index in [1.54, 1.807) is 6.92 Å². The van der Waals surface area contributed by atoms with E-state index in [1.165, 1.54) is 5.56 Å². The van der Waals surface area contributed by atoms with Crippen molar-refractivity contribution < 1.29 is 4.79 Å². The molecule has 1 fully saturated rings. The number of benzene rings is 1. The summed E-state index contributed by atoms with van der Waals surface area (Å²) < 4.78 is 0. The second kappa shape index (κ2) is 7.41. The molecule has 20 heavy (non-hydrogen) atoms. The van der Waals surface area contributed by atoms with Crippen molar-refractivity contribution in [3.8, 4) is 0 Å². The Labute approximate surface area is 121 Å². The molecule has 0 aliphatic carbocycles. The molecule has 1 aromatic carbocycles. The number of rotatable bonds is 6. The standard InChI is InChI=1S/C16H25N3O/c1-13(17)16(20)18-11-15-8-10-19(12-15)9-7-14-5-3-2-4-6-14/h2-6,13,15H,7-12,17H2,1H3,(H,18,20)/t13-,15+/m1/s1. The summed E-state index contributed by atoms with van der Waals surface area (Å²) in [5, 5.41) is 2.93. The van der Waals surface area contributed by atoms with Crippen molar-refractivity contribution >= 4 is 5.91 Å². The van der Waals surface area contributed by atoms with Crippen molar-refractivity contribution in [2.75, 3.05) is 26.2 Å². The smallest absolute Gasteiger partial charge is 0.236 e. The van der Waals surface area contributed by atoms with E-state index in [0.29, 0.717) is 5.92 Å². The molecule has 2 rings (SSSR count). The quantitative estimate of drug-likeness (QED) is 0.815. The van der Waals surface area contributed by atoms with Gasteiger partial charge in [-0.2, -0.15) is 0 Å². The Balaban J connectivity index is 1.66. The Hall–Kier alpha value is -1.39. The third-order valence-corrected chi connectivity index (χ3v) is 3.91. The lowest BCUT2D eigenvalue weighted by Crippen LogP contribution is -2.40. The average Bonchev–Trinajstić information content (AvgIpc) is 2.91. The first-order valence-electron chi connectivity index (χ1n) is 7.44. The highest BCUT2D eigenvalue weighted by atomic mass is 16.2. The Morgan fingerprint density at radius 1 is 1.45 bits per heavy atom. The number of hydrogen-bond donors (Lipinski definition) is 2. The molecule has 0 spiro atoms. The third kappa shape index (κ3) is 4.62. The van der Waals surface area contributed by atoms with Gasteiger partial charge in [0.1, 0.15) is 0 Å². The van der Waals surface area contributed by atoms with Gasteiger partial charge in [-0.3, -0.25) is 4.79 Å². The third-order valence-electron chi connectivity index (χ3n) is 3.91. The second-order valence-corrected chi connectivity index (χ2v) is 5.72. The molecule has 0 saturated carbocycles. The van der Waals surface area contributed by atoms with E-state index in [2.05, 4.69) is 40.5 Å². The zero-order chi connectivity index (χ0) is 14.4. The molecule has 0 aromatic heterocycles. The van der Waals surface area contributed by atoms with Crippen LogP contribution in [0.25, 0.3) is 0 Å². The first kappa shape index (κ1) is 15.0. The highest BCUT2D eigenvalue weighted by Crippen LogP contribution is 2.15. The van der Waals surface area contributed by atoms with Crippen LogP contribution >= 0.6 is 0 Å². The van der Waals surface area contributed by atoms with Crippen LogP contribution in [0.5, 0.6) is 0 Å². The number of likely N-dealkylation sites (tertiary alicyclic amines) is 1. The molecule has 4 nitrogen and oxygen atoms in total. The summed E-state index contributed by atoms with van der Waals surface area (Å²) in [5.41, 5.74) is 6.93. The van der Waals surface area contributed by atoms with Crippen LogP contribution in [0.3, 0.4) is 0 Å². The van der Waals surface area contributed by atoms with Crippen molar-refractivity contribution in [2.24, 2.45) is 11.7 Å². The highest BCUT2D eigenvalue weighted by Gasteiger charge is 2.22. The van der Waals surface area contributed by atoms with E-state index < -0.39 is 6.04 Å². The molecule has 1 aromatic rings. The minimum atomic E-state index is -0.411. The Bertz CT molecular complexity index is 419. The van der Waals surface area contributed by atoms with Gasteiger partial charge in [-0.05, 0) is 37.8 Å². The average molecular weight is 275 g/mol.